The van der Waals surface area contributed by atoms with E-state index in [1.54, 1.807) is 20.3 Å². The molecule has 0 aliphatic carbocycles. The smallest absolute Gasteiger partial charge is 0.239 e. The van der Waals surface area contributed by atoms with Gasteiger partial charge in [-0.05, 0) is 6.07 Å². The molecule has 6 nitrogen and oxygen atoms in total. The van der Waals surface area contributed by atoms with Crippen LogP contribution in [-0.4, -0.2) is 39.9 Å². The quantitative estimate of drug-likeness (QED) is 0.743. The van der Waals surface area contributed by atoms with Crippen molar-refractivity contribution in [2.45, 2.75) is 12.6 Å². The van der Waals surface area contributed by atoms with Crippen molar-refractivity contribution in [1.29, 1.82) is 0 Å². The van der Waals surface area contributed by atoms with Crippen molar-refractivity contribution in [2.24, 2.45) is 5.73 Å². The van der Waals surface area contributed by atoms with Crippen LogP contribution in [0.4, 0.5) is 0 Å². The number of para-hydroxylation sites is 1. The van der Waals surface area contributed by atoms with E-state index in [9.17, 15) is 4.79 Å². The summed E-state index contributed by atoms with van der Waals surface area (Å²) in [6.45, 7) is 0.498. The Kier molecular flexibility index (Phi) is 6.11. The molecule has 0 fully saturated rings. The second-order valence-corrected chi connectivity index (χ2v) is 3.93. The van der Waals surface area contributed by atoms with Gasteiger partial charge in [0.15, 0.2) is 11.5 Å². The summed E-state index contributed by atoms with van der Waals surface area (Å²) in [5.41, 5.74) is 6.44. The molecule has 106 valence electrons. The van der Waals surface area contributed by atoms with Crippen molar-refractivity contribution < 1.29 is 19.0 Å². The van der Waals surface area contributed by atoms with E-state index in [0.29, 0.717) is 18.0 Å². The molecular formula is C13H20N2O4. The summed E-state index contributed by atoms with van der Waals surface area (Å²) >= 11 is 0. The molecule has 3 N–H and O–H groups in total. The van der Waals surface area contributed by atoms with Crippen molar-refractivity contribution in [3.05, 3.63) is 23.8 Å². The van der Waals surface area contributed by atoms with Gasteiger partial charge in [-0.3, -0.25) is 4.79 Å². The number of nitrogens with two attached hydrogens (primary N) is 1. The number of amides is 1. The van der Waals surface area contributed by atoms with E-state index in [2.05, 4.69) is 5.32 Å². The normalized spacial score (nSPS) is 11.8. The lowest BCUT2D eigenvalue weighted by molar-refractivity contribution is -0.123. The van der Waals surface area contributed by atoms with Gasteiger partial charge in [0, 0.05) is 19.2 Å². The third-order valence-corrected chi connectivity index (χ3v) is 2.62. The number of benzene rings is 1. The molecule has 0 aliphatic rings. The molecule has 0 unspecified atom stereocenters. The number of ether oxygens (including phenoxy) is 3. The zero-order valence-corrected chi connectivity index (χ0v) is 11.4. The van der Waals surface area contributed by atoms with Crippen LogP contribution in [0.25, 0.3) is 0 Å². The summed E-state index contributed by atoms with van der Waals surface area (Å²) in [6.07, 6.45) is 0. The zero-order chi connectivity index (χ0) is 14.3. The summed E-state index contributed by atoms with van der Waals surface area (Å²) in [6, 6.07) is 4.80. The summed E-state index contributed by atoms with van der Waals surface area (Å²) in [7, 11) is 4.62. The largest absolute Gasteiger partial charge is 0.493 e. The second kappa shape index (κ2) is 7.60. The molecule has 0 aliphatic heterocycles. The van der Waals surface area contributed by atoms with Crippen LogP contribution in [0.15, 0.2) is 18.2 Å². The first kappa shape index (κ1) is 15.3. The minimum atomic E-state index is -0.679. The first-order valence-electron chi connectivity index (χ1n) is 5.86. The maximum absolute atomic E-state index is 11.7. The highest BCUT2D eigenvalue weighted by Crippen LogP contribution is 2.30. The lowest BCUT2D eigenvalue weighted by Gasteiger charge is -2.15. The number of nitrogens with one attached hydrogen (secondary N) is 1. The Balaban J connectivity index is 2.70. The van der Waals surface area contributed by atoms with Crippen molar-refractivity contribution in [3.8, 4) is 11.5 Å². The van der Waals surface area contributed by atoms with Gasteiger partial charge in [-0.25, -0.2) is 0 Å². The molecule has 0 aromatic heterocycles. The molecule has 0 saturated carbocycles. The molecule has 0 saturated heterocycles. The molecule has 1 aromatic carbocycles. The number of carbonyl (C=O) groups excluding carboxylic acids is 1. The molecule has 1 aromatic rings. The highest BCUT2D eigenvalue weighted by Gasteiger charge is 2.14. The van der Waals surface area contributed by atoms with Crippen LogP contribution in [0, 0.1) is 0 Å². The summed E-state index contributed by atoms with van der Waals surface area (Å²) < 4.78 is 15.3. The molecule has 0 radical (unpaired) electrons. The Morgan fingerprint density at radius 2 is 2.05 bits per heavy atom. The highest BCUT2D eigenvalue weighted by molar-refractivity contribution is 5.81. The number of hydrogen-bond acceptors (Lipinski definition) is 5. The predicted molar refractivity (Wildman–Crippen MR) is 71.2 cm³/mol. The van der Waals surface area contributed by atoms with Crippen LogP contribution in [0.1, 0.15) is 5.56 Å². The second-order valence-electron chi connectivity index (χ2n) is 3.93. The van der Waals surface area contributed by atoms with Gasteiger partial charge in [-0.2, -0.15) is 0 Å². The van der Waals surface area contributed by atoms with Gasteiger partial charge in [0.2, 0.25) is 5.91 Å². The average Bonchev–Trinajstić information content (AvgIpc) is 2.44. The van der Waals surface area contributed by atoms with Gasteiger partial charge in [0.25, 0.3) is 0 Å². The summed E-state index contributed by atoms with van der Waals surface area (Å²) in [4.78, 5) is 11.7. The van der Waals surface area contributed by atoms with Gasteiger partial charge in [-0.15, -0.1) is 0 Å². The van der Waals surface area contributed by atoms with Crippen LogP contribution in [0.3, 0.4) is 0 Å². The third-order valence-electron chi connectivity index (χ3n) is 2.62. The molecule has 1 atom stereocenters. The van der Waals surface area contributed by atoms with E-state index >= 15 is 0 Å². The van der Waals surface area contributed by atoms with Crippen LogP contribution < -0.4 is 20.5 Å². The summed E-state index contributed by atoms with van der Waals surface area (Å²) in [5.74, 6) is 0.952. The average molecular weight is 268 g/mol. The Morgan fingerprint density at radius 1 is 1.32 bits per heavy atom. The number of hydrogen-bond donors (Lipinski definition) is 2. The Labute approximate surface area is 112 Å². The lowest BCUT2D eigenvalue weighted by atomic mass is 10.1. The van der Waals surface area contributed by atoms with Gasteiger partial charge in [0.1, 0.15) is 6.04 Å². The fourth-order valence-corrected chi connectivity index (χ4v) is 1.66. The van der Waals surface area contributed by atoms with Crippen molar-refractivity contribution >= 4 is 5.91 Å². The Bertz CT molecular complexity index is 423. The molecule has 0 spiro atoms. The number of methoxy groups -OCH3 is 3. The van der Waals surface area contributed by atoms with Crippen LogP contribution in [0.5, 0.6) is 11.5 Å². The van der Waals surface area contributed by atoms with Crippen molar-refractivity contribution in [1.82, 2.24) is 5.32 Å². The Hall–Kier alpha value is -1.79. The fraction of sp³-hybridized carbons (Fsp3) is 0.462. The fourth-order valence-electron chi connectivity index (χ4n) is 1.66. The monoisotopic (exact) mass is 268 g/mol. The van der Waals surface area contributed by atoms with E-state index in [1.165, 1.54) is 7.11 Å². The van der Waals surface area contributed by atoms with Crippen LogP contribution in [-0.2, 0) is 16.1 Å². The maximum atomic E-state index is 11.7. The zero-order valence-electron chi connectivity index (χ0n) is 11.4. The molecule has 0 heterocycles. The standard InChI is InChI=1S/C13H20N2O4/c1-17-8-10(14)13(16)15-7-9-5-4-6-11(18-2)12(9)19-3/h4-6,10H,7-8,14H2,1-3H3,(H,15,16)/t10-/m0/s1. The first-order valence-corrected chi connectivity index (χ1v) is 5.86. The topological polar surface area (TPSA) is 82.8 Å². The van der Waals surface area contributed by atoms with E-state index in [0.717, 1.165) is 5.56 Å². The van der Waals surface area contributed by atoms with Gasteiger partial charge < -0.3 is 25.3 Å². The minimum Gasteiger partial charge on any atom is -0.493 e. The molecule has 1 rings (SSSR count). The van der Waals surface area contributed by atoms with Crippen LogP contribution >= 0.6 is 0 Å². The highest BCUT2D eigenvalue weighted by atomic mass is 16.5. The van der Waals surface area contributed by atoms with Gasteiger partial charge >= 0.3 is 0 Å². The SMILES string of the molecule is COC[C@H](N)C(=O)NCc1cccc(OC)c1OC. The number of carbonyl (C=O) groups is 1. The third kappa shape index (κ3) is 4.11. The maximum Gasteiger partial charge on any atom is 0.239 e. The molecule has 1 amide bonds. The van der Waals surface area contributed by atoms with Crippen molar-refractivity contribution in [2.75, 3.05) is 27.9 Å². The molecule has 0 bridgehead atoms. The van der Waals surface area contributed by atoms with E-state index in [4.69, 9.17) is 19.9 Å². The lowest BCUT2D eigenvalue weighted by Crippen LogP contribution is -2.43. The molecule has 6 heteroatoms. The van der Waals surface area contributed by atoms with Crippen molar-refractivity contribution in [3.63, 3.8) is 0 Å². The van der Waals surface area contributed by atoms with Gasteiger partial charge in [0.05, 0.1) is 20.8 Å². The first-order chi connectivity index (χ1) is 9.13. The minimum absolute atomic E-state index is 0.182. The van der Waals surface area contributed by atoms with E-state index < -0.39 is 6.04 Å². The summed E-state index contributed by atoms with van der Waals surface area (Å²) in [5, 5.41) is 2.73. The van der Waals surface area contributed by atoms with Crippen LogP contribution in [0.2, 0.25) is 0 Å². The van der Waals surface area contributed by atoms with E-state index in [1.807, 2.05) is 12.1 Å². The van der Waals surface area contributed by atoms with Gasteiger partial charge in [-0.1, -0.05) is 12.1 Å². The molecule has 19 heavy (non-hydrogen) atoms. The predicted octanol–water partition coefficient (Wildman–Crippen LogP) is 0.294. The van der Waals surface area contributed by atoms with E-state index in [-0.39, 0.29) is 12.5 Å². The number of rotatable bonds is 7. The Morgan fingerprint density at radius 3 is 2.63 bits per heavy atom. The molecular weight excluding hydrogens is 248 g/mol.